The molecular weight excluding hydrogens is 484 g/mol. The molecule has 4 rings (SSSR count). The molecule has 0 fully saturated rings. The summed E-state index contributed by atoms with van der Waals surface area (Å²) in [5.74, 6) is -0.618. The summed E-state index contributed by atoms with van der Waals surface area (Å²) in [4.78, 5) is 14.1. The van der Waals surface area contributed by atoms with Crippen LogP contribution in [0.5, 0.6) is 5.75 Å². The van der Waals surface area contributed by atoms with Gasteiger partial charge in [0.15, 0.2) is 0 Å². The van der Waals surface area contributed by atoms with Crippen LogP contribution in [-0.2, 0) is 21.2 Å². The second-order valence-corrected chi connectivity index (χ2v) is 11.1. The Morgan fingerprint density at radius 2 is 1.91 bits per heavy atom. The maximum absolute atomic E-state index is 13.7. The molecule has 0 saturated heterocycles. The van der Waals surface area contributed by atoms with E-state index >= 15 is 0 Å². The number of nitrogens with one attached hydrogen (secondary N) is 1. The van der Waals surface area contributed by atoms with E-state index in [1.165, 1.54) is 23.5 Å². The molecule has 9 heteroatoms. The van der Waals surface area contributed by atoms with Crippen LogP contribution in [0, 0.1) is 0 Å². The van der Waals surface area contributed by atoms with Crippen molar-refractivity contribution in [3.63, 3.8) is 0 Å². The van der Waals surface area contributed by atoms with Crippen LogP contribution in [-0.4, -0.2) is 43.5 Å². The number of fused-ring (bicyclic) bond motifs is 1. The Morgan fingerprint density at radius 1 is 1.17 bits per heavy atom. The SMILES string of the molecule is COc1ccc(S(=O)(=O)N2CCc3sccc3[C@H](CCC=Cc3ccccc3)[C@H]2C(=O)NO)cc1. The minimum atomic E-state index is -4.02. The lowest BCUT2D eigenvalue weighted by molar-refractivity contribution is -0.134. The van der Waals surface area contributed by atoms with E-state index in [1.807, 2.05) is 53.9 Å². The number of ether oxygens (including phenoxy) is 1. The summed E-state index contributed by atoms with van der Waals surface area (Å²) >= 11 is 1.56. The van der Waals surface area contributed by atoms with Crippen LogP contribution in [0.2, 0.25) is 0 Å². The van der Waals surface area contributed by atoms with E-state index in [9.17, 15) is 18.4 Å². The summed E-state index contributed by atoms with van der Waals surface area (Å²) in [6, 6.07) is 16.9. The molecule has 2 atom stereocenters. The highest BCUT2D eigenvalue weighted by Crippen LogP contribution is 2.39. The smallest absolute Gasteiger partial charge is 0.262 e. The van der Waals surface area contributed by atoms with Crippen LogP contribution in [0.1, 0.15) is 34.8 Å². The quantitative estimate of drug-likeness (QED) is 0.343. The molecule has 0 aliphatic carbocycles. The van der Waals surface area contributed by atoms with Gasteiger partial charge in [-0.15, -0.1) is 11.3 Å². The Labute approximate surface area is 209 Å². The lowest BCUT2D eigenvalue weighted by Crippen LogP contribution is -2.51. The first-order chi connectivity index (χ1) is 17.0. The summed E-state index contributed by atoms with van der Waals surface area (Å²) in [5.41, 5.74) is 3.75. The van der Waals surface area contributed by atoms with Crippen molar-refractivity contribution in [3.8, 4) is 5.75 Å². The summed E-state index contributed by atoms with van der Waals surface area (Å²) in [6.45, 7) is 0.135. The number of amides is 1. The van der Waals surface area contributed by atoms with Crippen LogP contribution in [0.25, 0.3) is 6.08 Å². The number of thiophene rings is 1. The topological polar surface area (TPSA) is 95.9 Å². The monoisotopic (exact) mass is 512 g/mol. The van der Waals surface area contributed by atoms with Gasteiger partial charge in [-0.05, 0) is 66.1 Å². The predicted molar refractivity (Wildman–Crippen MR) is 136 cm³/mol. The second-order valence-electron chi connectivity index (χ2n) is 8.26. The van der Waals surface area contributed by atoms with Crippen molar-refractivity contribution < 1.29 is 23.2 Å². The van der Waals surface area contributed by atoms with Crippen molar-refractivity contribution >= 4 is 33.3 Å². The van der Waals surface area contributed by atoms with Crippen LogP contribution >= 0.6 is 11.3 Å². The van der Waals surface area contributed by atoms with Crippen molar-refractivity contribution in [1.29, 1.82) is 0 Å². The first-order valence-electron chi connectivity index (χ1n) is 11.3. The average Bonchev–Trinajstić information content (AvgIpc) is 3.29. The van der Waals surface area contributed by atoms with Gasteiger partial charge in [0.2, 0.25) is 10.0 Å². The third-order valence-corrected chi connectivity index (χ3v) is 9.12. The molecule has 0 bridgehead atoms. The Morgan fingerprint density at radius 3 is 2.60 bits per heavy atom. The molecule has 184 valence electrons. The van der Waals surface area contributed by atoms with E-state index in [-0.39, 0.29) is 11.4 Å². The fraction of sp³-hybridized carbons (Fsp3) is 0.269. The number of methoxy groups -OCH3 is 1. The van der Waals surface area contributed by atoms with E-state index in [0.29, 0.717) is 25.0 Å². The van der Waals surface area contributed by atoms with Gasteiger partial charge in [0, 0.05) is 17.3 Å². The minimum Gasteiger partial charge on any atom is -0.497 e. The van der Waals surface area contributed by atoms with Crippen LogP contribution < -0.4 is 10.2 Å². The molecule has 3 aromatic rings. The Balaban J connectivity index is 1.68. The maximum atomic E-state index is 13.7. The molecule has 0 saturated carbocycles. The summed E-state index contributed by atoms with van der Waals surface area (Å²) < 4.78 is 33.8. The van der Waals surface area contributed by atoms with Gasteiger partial charge >= 0.3 is 0 Å². The fourth-order valence-corrected chi connectivity index (χ4v) is 7.08. The van der Waals surface area contributed by atoms with Gasteiger partial charge in [-0.2, -0.15) is 4.31 Å². The number of hydroxylamine groups is 1. The molecule has 1 aliphatic heterocycles. The maximum Gasteiger partial charge on any atom is 0.262 e. The van der Waals surface area contributed by atoms with Crippen LogP contribution in [0.15, 0.2) is 77.0 Å². The number of carbonyl (C=O) groups is 1. The Bertz CT molecular complexity index is 1270. The summed E-state index contributed by atoms with van der Waals surface area (Å²) in [6.07, 6.45) is 5.72. The molecule has 1 amide bonds. The van der Waals surface area contributed by atoms with Crippen LogP contribution in [0.4, 0.5) is 0 Å². The minimum absolute atomic E-state index is 0.0713. The fourth-order valence-electron chi connectivity index (χ4n) is 4.51. The molecule has 1 aliphatic rings. The van der Waals surface area contributed by atoms with Crippen molar-refractivity contribution in [1.82, 2.24) is 9.79 Å². The van der Waals surface area contributed by atoms with E-state index < -0.39 is 27.9 Å². The highest BCUT2D eigenvalue weighted by molar-refractivity contribution is 7.89. The summed E-state index contributed by atoms with van der Waals surface area (Å²) in [5, 5.41) is 11.6. The number of hydrogen-bond donors (Lipinski definition) is 2. The normalized spacial score (nSPS) is 18.7. The molecule has 0 radical (unpaired) electrons. The van der Waals surface area contributed by atoms with Gasteiger partial charge in [-0.3, -0.25) is 10.0 Å². The number of sulfonamides is 1. The standard InChI is InChI=1S/C26H28N2O5S2/c1-33-20-11-13-21(14-12-20)35(31,32)28-17-15-24-22(16-18-34-24)23(25(28)26(29)27-30)10-6-5-9-19-7-3-2-4-8-19/h2-5,7-9,11-14,16,18,23,25,30H,6,10,15,17H2,1H3,(H,27,29)/t23-,25-/m0/s1. The van der Waals surface area contributed by atoms with E-state index in [4.69, 9.17) is 4.74 Å². The number of allylic oxidation sites excluding steroid dienone is 1. The lowest BCUT2D eigenvalue weighted by atomic mass is 9.87. The van der Waals surface area contributed by atoms with Gasteiger partial charge in [0.1, 0.15) is 11.8 Å². The predicted octanol–water partition coefficient (Wildman–Crippen LogP) is 4.45. The number of nitrogens with zero attached hydrogens (tertiary/aromatic N) is 1. The van der Waals surface area contributed by atoms with Crippen LogP contribution in [0.3, 0.4) is 0 Å². The first kappa shape index (κ1) is 25.1. The van der Waals surface area contributed by atoms with Crippen molar-refractivity contribution in [2.75, 3.05) is 13.7 Å². The highest BCUT2D eigenvalue weighted by atomic mass is 32.2. The highest BCUT2D eigenvalue weighted by Gasteiger charge is 2.43. The van der Waals surface area contributed by atoms with E-state index in [1.54, 1.807) is 28.9 Å². The first-order valence-corrected chi connectivity index (χ1v) is 13.7. The third kappa shape index (κ3) is 5.48. The number of carbonyl (C=O) groups excluding carboxylic acids is 1. The molecule has 7 nitrogen and oxygen atoms in total. The molecule has 0 unspecified atom stereocenters. The zero-order valence-corrected chi connectivity index (χ0v) is 21.0. The average molecular weight is 513 g/mol. The van der Waals surface area contributed by atoms with E-state index in [2.05, 4.69) is 0 Å². The third-order valence-electron chi connectivity index (χ3n) is 6.23. The molecule has 1 aromatic heterocycles. The number of hydrogen-bond acceptors (Lipinski definition) is 6. The van der Waals surface area contributed by atoms with Gasteiger partial charge < -0.3 is 4.74 Å². The zero-order valence-electron chi connectivity index (χ0n) is 19.3. The second kappa shape index (κ2) is 11.2. The molecule has 2 heterocycles. The molecule has 0 spiro atoms. The number of benzene rings is 2. The van der Waals surface area contributed by atoms with E-state index in [0.717, 1.165) is 16.0 Å². The van der Waals surface area contributed by atoms with Gasteiger partial charge in [-0.1, -0.05) is 42.5 Å². The Hall–Kier alpha value is -2.98. The molecule has 35 heavy (non-hydrogen) atoms. The van der Waals surface area contributed by atoms with Crippen molar-refractivity contribution in [2.45, 2.75) is 36.1 Å². The van der Waals surface area contributed by atoms with Crippen molar-refractivity contribution in [3.05, 3.63) is 88.1 Å². The van der Waals surface area contributed by atoms with Gasteiger partial charge in [0.25, 0.3) is 5.91 Å². The van der Waals surface area contributed by atoms with Crippen molar-refractivity contribution in [2.24, 2.45) is 0 Å². The summed E-state index contributed by atoms with van der Waals surface area (Å²) in [7, 11) is -2.52. The van der Waals surface area contributed by atoms with Gasteiger partial charge in [-0.25, -0.2) is 13.9 Å². The zero-order chi connectivity index (χ0) is 24.8. The Kier molecular flexibility index (Phi) is 8.02. The largest absolute Gasteiger partial charge is 0.497 e. The molecule has 2 N–H and O–H groups in total. The van der Waals surface area contributed by atoms with Gasteiger partial charge in [0.05, 0.1) is 12.0 Å². The number of rotatable bonds is 8. The molecule has 2 aromatic carbocycles. The lowest BCUT2D eigenvalue weighted by Gasteiger charge is -2.32. The molecular formula is C26H28N2O5S2.